The maximum absolute atomic E-state index is 12.4. The summed E-state index contributed by atoms with van der Waals surface area (Å²) < 4.78 is 7.81. The number of allylic oxidation sites excluding steroid dienone is 2. The molecule has 7 heteroatoms. The standard InChI is InChI=1S/C31H33N5O2/c1-31(2)18-32-30(37)24-15-12-22(16-25(24)31)34-29-28(38-3)7-5-4-6-26(35-29)20-10-13-23(14-11-20)36-17-27(33-19-36)21-8-9-21/h5,7,10-17,19,21,34H,4,6,8-9,18H2,1-3H3,(H,32,37)/b7-5-,29-28+,35-26+. The van der Waals surface area contributed by atoms with Gasteiger partial charge in [-0.25, -0.2) is 9.98 Å². The van der Waals surface area contributed by atoms with Crippen molar-refractivity contribution in [2.24, 2.45) is 4.99 Å². The number of aliphatic imine (C=N–C) groups is 1. The number of hydrogen-bond acceptors (Lipinski definition) is 5. The molecule has 0 atom stereocenters. The zero-order valence-corrected chi connectivity index (χ0v) is 22.1. The second-order valence-corrected chi connectivity index (χ2v) is 10.9. The highest BCUT2D eigenvalue weighted by atomic mass is 16.5. The second kappa shape index (κ2) is 9.63. The average Bonchev–Trinajstić information content (AvgIpc) is 3.65. The zero-order chi connectivity index (χ0) is 26.3. The van der Waals surface area contributed by atoms with Crippen LogP contribution in [0.25, 0.3) is 5.69 Å². The molecule has 1 fully saturated rings. The highest BCUT2D eigenvalue weighted by molar-refractivity contribution is 6.02. The molecule has 3 aromatic rings. The van der Waals surface area contributed by atoms with E-state index in [0.717, 1.165) is 46.6 Å². The molecule has 6 rings (SSSR count). The number of ether oxygens (including phenoxy) is 1. The first kappa shape index (κ1) is 24.2. The van der Waals surface area contributed by atoms with Gasteiger partial charge in [-0.3, -0.25) is 4.79 Å². The van der Waals surface area contributed by atoms with Crippen LogP contribution in [0.1, 0.15) is 72.6 Å². The lowest BCUT2D eigenvalue weighted by atomic mass is 9.79. The van der Waals surface area contributed by atoms with E-state index in [1.807, 2.05) is 24.5 Å². The van der Waals surface area contributed by atoms with Crippen LogP contribution in [0.3, 0.4) is 0 Å². The van der Waals surface area contributed by atoms with Gasteiger partial charge < -0.3 is 19.9 Å². The molecule has 2 N–H and O–H groups in total. The Balaban J connectivity index is 1.31. The van der Waals surface area contributed by atoms with Gasteiger partial charge in [0.25, 0.3) is 5.91 Å². The minimum absolute atomic E-state index is 0.0280. The van der Waals surface area contributed by atoms with E-state index in [0.29, 0.717) is 24.0 Å². The Hall–Kier alpha value is -4.13. The molecule has 0 bridgehead atoms. The summed E-state index contributed by atoms with van der Waals surface area (Å²) >= 11 is 0. The number of aromatic nitrogens is 2. The summed E-state index contributed by atoms with van der Waals surface area (Å²) in [5.41, 5.74) is 6.79. The van der Waals surface area contributed by atoms with Gasteiger partial charge in [-0.05, 0) is 73.2 Å². The lowest BCUT2D eigenvalue weighted by molar-refractivity contribution is 0.0930. The maximum Gasteiger partial charge on any atom is 0.251 e. The molecule has 194 valence electrons. The topological polar surface area (TPSA) is 80.5 Å². The third kappa shape index (κ3) is 4.76. The number of rotatable bonds is 6. The van der Waals surface area contributed by atoms with Crippen LogP contribution in [0.15, 0.2) is 83.7 Å². The second-order valence-electron chi connectivity index (χ2n) is 10.9. The van der Waals surface area contributed by atoms with E-state index in [1.165, 1.54) is 18.5 Å². The first-order chi connectivity index (χ1) is 18.4. The van der Waals surface area contributed by atoms with Crippen molar-refractivity contribution in [1.82, 2.24) is 14.9 Å². The molecule has 2 aromatic carbocycles. The Labute approximate surface area is 223 Å². The van der Waals surface area contributed by atoms with Crippen molar-refractivity contribution in [3.05, 3.63) is 101 Å². The Morgan fingerprint density at radius 3 is 2.71 bits per heavy atom. The van der Waals surface area contributed by atoms with Crippen LogP contribution < -0.4 is 10.6 Å². The molecule has 38 heavy (non-hydrogen) atoms. The molecule has 3 heterocycles. The zero-order valence-electron chi connectivity index (χ0n) is 22.1. The van der Waals surface area contributed by atoms with Gasteiger partial charge in [-0.15, -0.1) is 0 Å². The van der Waals surface area contributed by atoms with Gasteiger partial charge in [0.15, 0.2) is 11.6 Å². The number of imidazole rings is 1. The molecular formula is C31H33N5O2. The number of anilines is 1. The predicted molar refractivity (Wildman–Crippen MR) is 150 cm³/mol. The van der Waals surface area contributed by atoms with E-state index in [2.05, 4.69) is 76.6 Å². The molecule has 7 nitrogen and oxygen atoms in total. The van der Waals surface area contributed by atoms with Crippen molar-refractivity contribution in [2.75, 3.05) is 19.0 Å². The van der Waals surface area contributed by atoms with Crippen molar-refractivity contribution in [3.8, 4) is 5.69 Å². The van der Waals surface area contributed by atoms with E-state index in [1.54, 1.807) is 7.11 Å². The molecule has 1 amide bonds. The Morgan fingerprint density at radius 2 is 1.95 bits per heavy atom. The summed E-state index contributed by atoms with van der Waals surface area (Å²) in [6, 6.07) is 14.4. The van der Waals surface area contributed by atoms with Crippen molar-refractivity contribution in [2.45, 2.75) is 50.9 Å². The summed E-state index contributed by atoms with van der Waals surface area (Å²) in [6.07, 6.45) is 12.3. The molecule has 2 aliphatic heterocycles. The SMILES string of the molecule is COC1=C(Nc2ccc3c(c2)C(C)(C)CNC3=O)/N=C(/c2ccc(-n3cnc(C4CC4)c3)cc2)CC/C=C\1. The quantitative estimate of drug-likeness (QED) is 0.439. The first-order valence-electron chi connectivity index (χ1n) is 13.3. The average molecular weight is 508 g/mol. The largest absolute Gasteiger partial charge is 0.493 e. The van der Waals surface area contributed by atoms with Crippen molar-refractivity contribution in [1.29, 1.82) is 0 Å². The van der Waals surface area contributed by atoms with E-state index in [4.69, 9.17) is 9.73 Å². The third-order valence-corrected chi connectivity index (χ3v) is 7.56. The van der Waals surface area contributed by atoms with Gasteiger partial charge in [0.1, 0.15) is 0 Å². The van der Waals surface area contributed by atoms with Crippen molar-refractivity contribution < 1.29 is 9.53 Å². The van der Waals surface area contributed by atoms with Crippen molar-refractivity contribution >= 4 is 17.3 Å². The lowest BCUT2D eigenvalue weighted by Crippen LogP contribution is -2.43. The Kier molecular flexibility index (Phi) is 6.14. The normalized spacial score (nSPS) is 22.8. The number of carbonyl (C=O) groups is 1. The van der Waals surface area contributed by atoms with Crippen LogP contribution in [0.2, 0.25) is 0 Å². The number of amides is 1. The fraction of sp³-hybridized carbons (Fsp3) is 0.323. The minimum atomic E-state index is -0.162. The van der Waals surface area contributed by atoms with E-state index < -0.39 is 0 Å². The lowest BCUT2D eigenvalue weighted by Gasteiger charge is -2.32. The third-order valence-electron chi connectivity index (χ3n) is 7.56. The number of methoxy groups -OCH3 is 1. The maximum atomic E-state index is 12.4. The number of carbonyl (C=O) groups excluding carboxylic acids is 1. The monoisotopic (exact) mass is 507 g/mol. The molecule has 0 spiro atoms. The van der Waals surface area contributed by atoms with Crippen LogP contribution in [-0.4, -0.2) is 34.8 Å². The van der Waals surface area contributed by atoms with E-state index in [9.17, 15) is 4.79 Å². The minimum Gasteiger partial charge on any atom is -0.493 e. The van der Waals surface area contributed by atoms with E-state index in [-0.39, 0.29) is 11.3 Å². The number of benzene rings is 2. The molecule has 1 aromatic heterocycles. The predicted octanol–water partition coefficient (Wildman–Crippen LogP) is 5.84. The molecule has 1 aliphatic carbocycles. The highest BCUT2D eigenvalue weighted by Gasteiger charge is 2.31. The molecule has 0 saturated heterocycles. The van der Waals surface area contributed by atoms with Crippen LogP contribution in [0.5, 0.6) is 0 Å². The Morgan fingerprint density at radius 1 is 1.13 bits per heavy atom. The van der Waals surface area contributed by atoms with Gasteiger partial charge >= 0.3 is 0 Å². The van der Waals surface area contributed by atoms with Crippen molar-refractivity contribution in [3.63, 3.8) is 0 Å². The number of fused-ring (bicyclic) bond motifs is 1. The summed E-state index contributed by atoms with van der Waals surface area (Å²) in [5.74, 6) is 1.92. The summed E-state index contributed by atoms with van der Waals surface area (Å²) in [4.78, 5) is 22.1. The van der Waals surface area contributed by atoms with Crippen LogP contribution in [0.4, 0.5) is 5.69 Å². The smallest absolute Gasteiger partial charge is 0.251 e. The summed E-state index contributed by atoms with van der Waals surface area (Å²) in [6.45, 7) is 4.89. The van der Waals surface area contributed by atoms with Gasteiger partial charge in [0.05, 0.1) is 24.8 Å². The highest BCUT2D eigenvalue weighted by Crippen LogP contribution is 2.39. The molecular weight excluding hydrogens is 474 g/mol. The number of nitrogens with one attached hydrogen (secondary N) is 2. The van der Waals surface area contributed by atoms with E-state index >= 15 is 0 Å². The van der Waals surface area contributed by atoms with Gasteiger partial charge in [0, 0.05) is 41.0 Å². The summed E-state index contributed by atoms with van der Waals surface area (Å²) in [7, 11) is 1.66. The Bertz CT molecular complexity index is 1470. The van der Waals surface area contributed by atoms with Gasteiger partial charge in [-0.2, -0.15) is 0 Å². The molecule has 0 radical (unpaired) electrons. The van der Waals surface area contributed by atoms with Crippen LogP contribution in [0, 0.1) is 0 Å². The first-order valence-corrected chi connectivity index (χ1v) is 13.3. The summed E-state index contributed by atoms with van der Waals surface area (Å²) in [5, 5.41) is 6.46. The van der Waals surface area contributed by atoms with Gasteiger partial charge in [-0.1, -0.05) is 32.1 Å². The number of hydrogen-bond donors (Lipinski definition) is 2. The van der Waals surface area contributed by atoms with Gasteiger partial charge in [0.2, 0.25) is 0 Å². The van der Waals surface area contributed by atoms with Crippen LogP contribution >= 0.6 is 0 Å². The molecule has 0 unspecified atom stereocenters. The fourth-order valence-corrected chi connectivity index (χ4v) is 5.10. The molecule has 1 saturated carbocycles. The molecule has 3 aliphatic rings. The number of nitrogens with zero attached hydrogens (tertiary/aromatic N) is 3. The fourth-order valence-electron chi connectivity index (χ4n) is 5.10. The van der Waals surface area contributed by atoms with Crippen LogP contribution in [-0.2, 0) is 10.2 Å².